The number of aryl methyl sites for hydroxylation is 2. The molecule has 0 fully saturated rings. The fraction of sp³-hybridized carbons (Fsp3) is 0.438. The number of nitrogens with zero attached hydrogens (tertiary/aromatic N) is 1. The minimum Gasteiger partial charge on any atom is -0.497 e. The van der Waals surface area contributed by atoms with E-state index in [9.17, 15) is 0 Å². The maximum atomic E-state index is 5.23. The molecule has 0 radical (unpaired) electrons. The molecule has 20 heavy (non-hydrogen) atoms. The van der Waals surface area contributed by atoms with E-state index in [1.54, 1.807) is 7.11 Å². The van der Waals surface area contributed by atoms with Crippen molar-refractivity contribution in [3.05, 3.63) is 45.4 Å². The van der Waals surface area contributed by atoms with Crippen molar-refractivity contribution in [2.75, 3.05) is 13.7 Å². The number of methoxy groups -OCH3 is 1. The highest BCUT2D eigenvalue weighted by molar-refractivity contribution is 7.11. The van der Waals surface area contributed by atoms with Gasteiger partial charge in [-0.1, -0.05) is 19.1 Å². The molecule has 1 aromatic heterocycles. The Morgan fingerprint density at radius 3 is 2.75 bits per heavy atom. The molecule has 1 aromatic carbocycles. The minimum atomic E-state index is 0.196. The van der Waals surface area contributed by atoms with Gasteiger partial charge in [0, 0.05) is 4.88 Å². The van der Waals surface area contributed by atoms with E-state index in [1.165, 1.54) is 34.0 Å². The van der Waals surface area contributed by atoms with Gasteiger partial charge < -0.3 is 10.1 Å². The maximum absolute atomic E-state index is 5.23. The smallest absolute Gasteiger partial charge is 0.118 e. The standard InChI is InChI=1S/C16H20N2OS/c1-3-17-15(11-7-9-12(19-2)10-8-11)16-18-13-5-4-6-14(13)20-16/h7-10,15,17H,3-6H2,1-2H3. The molecule has 1 aliphatic carbocycles. The molecule has 0 aliphatic heterocycles. The van der Waals surface area contributed by atoms with Crippen LogP contribution in [0.1, 0.15) is 40.5 Å². The predicted molar refractivity (Wildman–Crippen MR) is 82.7 cm³/mol. The average Bonchev–Trinajstić information content (AvgIpc) is 3.06. The van der Waals surface area contributed by atoms with Gasteiger partial charge >= 0.3 is 0 Å². The minimum absolute atomic E-state index is 0.196. The summed E-state index contributed by atoms with van der Waals surface area (Å²) in [5.74, 6) is 0.894. The van der Waals surface area contributed by atoms with Gasteiger partial charge in [0.15, 0.2) is 0 Å². The van der Waals surface area contributed by atoms with Crippen LogP contribution in [0.5, 0.6) is 5.75 Å². The van der Waals surface area contributed by atoms with E-state index in [2.05, 4.69) is 24.4 Å². The summed E-state index contributed by atoms with van der Waals surface area (Å²) < 4.78 is 5.23. The van der Waals surface area contributed by atoms with Crippen LogP contribution in [-0.2, 0) is 12.8 Å². The van der Waals surface area contributed by atoms with Crippen LogP contribution < -0.4 is 10.1 Å². The van der Waals surface area contributed by atoms with Crippen LogP contribution in [-0.4, -0.2) is 18.6 Å². The Balaban J connectivity index is 1.90. The van der Waals surface area contributed by atoms with Gasteiger partial charge in [0.25, 0.3) is 0 Å². The lowest BCUT2D eigenvalue weighted by atomic mass is 10.1. The molecule has 1 atom stereocenters. The van der Waals surface area contributed by atoms with E-state index < -0.39 is 0 Å². The van der Waals surface area contributed by atoms with Crippen molar-refractivity contribution >= 4 is 11.3 Å². The number of hydrogen-bond acceptors (Lipinski definition) is 4. The third-order valence-electron chi connectivity index (χ3n) is 3.72. The zero-order chi connectivity index (χ0) is 13.9. The number of benzene rings is 1. The molecule has 3 nitrogen and oxygen atoms in total. The molecule has 2 aromatic rings. The van der Waals surface area contributed by atoms with Crippen LogP contribution in [0.2, 0.25) is 0 Å². The average molecular weight is 288 g/mol. The molecule has 4 heteroatoms. The summed E-state index contributed by atoms with van der Waals surface area (Å²) in [6.07, 6.45) is 3.62. The first-order chi connectivity index (χ1) is 9.81. The van der Waals surface area contributed by atoms with E-state index in [0.29, 0.717) is 0 Å². The second kappa shape index (κ2) is 5.94. The second-order valence-electron chi connectivity index (χ2n) is 5.04. The Labute approximate surface area is 124 Å². The summed E-state index contributed by atoms with van der Waals surface area (Å²) in [4.78, 5) is 6.34. The molecule has 1 N–H and O–H groups in total. The third kappa shape index (κ3) is 2.58. The molecule has 106 valence electrons. The normalized spacial score (nSPS) is 15.1. The number of rotatable bonds is 5. The molecule has 0 saturated heterocycles. The molecule has 1 aliphatic rings. The lowest BCUT2D eigenvalue weighted by Gasteiger charge is -2.16. The Bertz CT molecular complexity index is 555. The predicted octanol–water partition coefficient (Wildman–Crippen LogP) is 3.34. The van der Waals surface area contributed by atoms with Crippen molar-refractivity contribution in [1.82, 2.24) is 10.3 Å². The molecular weight excluding hydrogens is 268 g/mol. The Kier molecular flexibility index (Phi) is 4.03. The summed E-state index contributed by atoms with van der Waals surface area (Å²) in [7, 11) is 1.70. The monoisotopic (exact) mass is 288 g/mol. The first-order valence-electron chi connectivity index (χ1n) is 7.17. The number of fused-ring (bicyclic) bond motifs is 1. The van der Waals surface area contributed by atoms with Crippen molar-refractivity contribution in [1.29, 1.82) is 0 Å². The van der Waals surface area contributed by atoms with Gasteiger partial charge in [0.2, 0.25) is 0 Å². The number of ether oxygens (including phenoxy) is 1. The summed E-state index contributed by atoms with van der Waals surface area (Å²) >= 11 is 1.87. The SMILES string of the molecule is CCNC(c1ccc(OC)cc1)c1nc2c(s1)CCC2. The van der Waals surface area contributed by atoms with Crippen LogP contribution in [0.25, 0.3) is 0 Å². The second-order valence-corrected chi connectivity index (χ2v) is 6.15. The van der Waals surface area contributed by atoms with Crippen molar-refractivity contribution in [2.45, 2.75) is 32.2 Å². The molecular formula is C16H20N2OS. The molecule has 1 heterocycles. The summed E-state index contributed by atoms with van der Waals surface area (Å²) in [5, 5.41) is 4.74. The maximum Gasteiger partial charge on any atom is 0.118 e. The molecule has 1 unspecified atom stereocenters. The van der Waals surface area contributed by atoms with Crippen LogP contribution in [0.4, 0.5) is 0 Å². The van der Waals surface area contributed by atoms with E-state index in [4.69, 9.17) is 9.72 Å². The topological polar surface area (TPSA) is 34.1 Å². The van der Waals surface area contributed by atoms with E-state index in [-0.39, 0.29) is 6.04 Å². The van der Waals surface area contributed by atoms with Gasteiger partial charge in [-0.25, -0.2) is 4.98 Å². The van der Waals surface area contributed by atoms with Crippen LogP contribution >= 0.6 is 11.3 Å². The van der Waals surface area contributed by atoms with Gasteiger partial charge in [-0.2, -0.15) is 0 Å². The quantitative estimate of drug-likeness (QED) is 0.916. The van der Waals surface area contributed by atoms with E-state index in [0.717, 1.165) is 18.7 Å². The zero-order valence-electron chi connectivity index (χ0n) is 12.0. The Morgan fingerprint density at radius 2 is 2.10 bits per heavy atom. The third-order valence-corrected chi connectivity index (χ3v) is 4.94. The van der Waals surface area contributed by atoms with Crippen LogP contribution in [0.3, 0.4) is 0 Å². The number of aromatic nitrogens is 1. The number of thiazole rings is 1. The lowest BCUT2D eigenvalue weighted by molar-refractivity contribution is 0.414. The fourth-order valence-electron chi connectivity index (χ4n) is 2.68. The van der Waals surface area contributed by atoms with Gasteiger partial charge in [-0.3, -0.25) is 0 Å². The van der Waals surface area contributed by atoms with Gasteiger partial charge in [0.1, 0.15) is 10.8 Å². The van der Waals surface area contributed by atoms with Crippen molar-refractivity contribution in [3.8, 4) is 5.75 Å². The fourth-order valence-corrected chi connectivity index (χ4v) is 3.94. The lowest BCUT2D eigenvalue weighted by Crippen LogP contribution is -2.21. The van der Waals surface area contributed by atoms with Crippen LogP contribution in [0.15, 0.2) is 24.3 Å². The number of hydrogen-bond donors (Lipinski definition) is 1. The summed E-state index contributed by atoms with van der Waals surface area (Å²) in [6.45, 7) is 3.07. The van der Waals surface area contributed by atoms with Gasteiger partial charge in [-0.05, 0) is 43.5 Å². The van der Waals surface area contributed by atoms with Crippen molar-refractivity contribution in [3.63, 3.8) is 0 Å². The van der Waals surface area contributed by atoms with Crippen molar-refractivity contribution < 1.29 is 4.74 Å². The van der Waals surface area contributed by atoms with Gasteiger partial charge in [0.05, 0.1) is 18.8 Å². The largest absolute Gasteiger partial charge is 0.497 e. The highest BCUT2D eigenvalue weighted by Crippen LogP contribution is 2.33. The summed E-state index contributed by atoms with van der Waals surface area (Å²) in [6, 6.07) is 8.47. The van der Waals surface area contributed by atoms with E-state index >= 15 is 0 Å². The Morgan fingerprint density at radius 1 is 1.30 bits per heavy atom. The van der Waals surface area contributed by atoms with Crippen molar-refractivity contribution in [2.24, 2.45) is 0 Å². The molecule has 0 bridgehead atoms. The molecule has 0 amide bonds. The van der Waals surface area contributed by atoms with Crippen LogP contribution in [0, 0.1) is 0 Å². The first kappa shape index (κ1) is 13.6. The highest BCUT2D eigenvalue weighted by atomic mass is 32.1. The molecule has 0 spiro atoms. The zero-order valence-corrected chi connectivity index (χ0v) is 12.8. The van der Waals surface area contributed by atoms with Gasteiger partial charge in [-0.15, -0.1) is 11.3 Å². The summed E-state index contributed by atoms with van der Waals surface area (Å²) in [5.41, 5.74) is 2.57. The molecule has 0 saturated carbocycles. The van der Waals surface area contributed by atoms with E-state index in [1.807, 2.05) is 23.5 Å². The number of nitrogens with one attached hydrogen (secondary N) is 1. The first-order valence-corrected chi connectivity index (χ1v) is 7.99. The highest BCUT2D eigenvalue weighted by Gasteiger charge is 2.22. The molecule has 3 rings (SSSR count). The Hall–Kier alpha value is -1.39.